The molecule has 17 heavy (non-hydrogen) atoms. The van der Waals surface area contributed by atoms with Crippen molar-refractivity contribution < 1.29 is 0 Å². The van der Waals surface area contributed by atoms with Crippen molar-refractivity contribution in [1.82, 2.24) is 9.36 Å². The van der Waals surface area contributed by atoms with Crippen LogP contribution in [0.5, 0.6) is 0 Å². The first-order valence-corrected chi connectivity index (χ1v) is 6.33. The van der Waals surface area contributed by atoms with Crippen LogP contribution in [0.4, 0.5) is 5.69 Å². The van der Waals surface area contributed by atoms with E-state index in [1.807, 2.05) is 20.8 Å². The van der Waals surface area contributed by atoms with Crippen molar-refractivity contribution in [1.29, 1.82) is 0 Å². The molecule has 0 radical (unpaired) electrons. The number of aromatic nitrogens is 2. The van der Waals surface area contributed by atoms with E-state index in [1.165, 1.54) is 0 Å². The molecule has 0 saturated heterocycles. The number of hydrogen-bond acceptors (Lipinski definition) is 2. The lowest BCUT2D eigenvalue weighted by Gasteiger charge is -2.26. The van der Waals surface area contributed by atoms with Crippen LogP contribution >= 0.6 is 0 Å². The highest BCUT2D eigenvalue weighted by molar-refractivity contribution is 5.43. The summed E-state index contributed by atoms with van der Waals surface area (Å²) in [6.07, 6.45) is 0.989. The summed E-state index contributed by atoms with van der Waals surface area (Å²) < 4.78 is 3.85. The average Bonchev–Trinajstić information content (AvgIpc) is 2.38. The lowest BCUT2D eigenvalue weighted by atomic mass is 10.1. The van der Waals surface area contributed by atoms with Gasteiger partial charge in [-0.3, -0.25) is 9.48 Å². The highest BCUT2D eigenvalue weighted by Crippen LogP contribution is 2.23. The van der Waals surface area contributed by atoms with Crippen LogP contribution in [0.1, 0.15) is 59.6 Å². The first-order valence-electron chi connectivity index (χ1n) is 6.33. The number of rotatable bonds is 3. The summed E-state index contributed by atoms with van der Waals surface area (Å²) in [6.45, 7) is 13.2. The Morgan fingerprint density at radius 3 is 2.18 bits per heavy atom. The van der Waals surface area contributed by atoms with Gasteiger partial charge in [-0.25, -0.2) is 4.68 Å². The molecule has 1 rings (SSSR count). The Hall–Kier alpha value is -1.19. The van der Waals surface area contributed by atoms with Gasteiger partial charge in [0.2, 0.25) is 0 Å². The zero-order valence-corrected chi connectivity index (χ0v) is 11.9. The number of nitrogen functional groups attached to an aromatic ring is 1. The zero-order chi connectivity index (χ0) is 13.4. The summed E-state index contributed by atoms with van der Waals surface area (Å²) in [5.41, 5.74) is 7.05. The Labute approximate surface area is 103 Å². The van der Waals surface area contributed by atoms with Crippen LogP contribution < -0.4 is 11.3 Å². The molecule has 0 aliphatic carbocycles. The van der Waals surface area contributed by atoms with Crippen LogP contribution in [0, 0.1) is 0 Å². The maximum atomic E-state index is 12.3. The summed E-state index contributed by atoms with van der Waals surface area (Å²) in [5.74, 6) is 0.262. The molecule has 0 unspecified atom stereocenters. The van der Waals surface area contributed by atoms with E-state index in [2.05, 4.69) is 25.5 Å². The molecule has 0 spiro atoms. The zero-order valence-electron chi connectivity index (χ0n) is 11.9. The Morgan fingerprint density at radius 2 is 1.82 bits per heavy atom. The average molecular weight is 239 g/mol. The molecule has 4 heteroatoms. The van der Waals surface area contributed by atoms with E-state index < -0.39 is 0 Å². The Kier molecular flexibility index (Phi) is 3.74. The minimum absolute atomic E-state index is 0.0605. The fourth-order valence-corrected chi connectivity index (χ4v) is 2.29. The van der Waals surface area contributed by atoms with E-state index >= 15 is 0 Å². The largest absolute Gasteiger partial charge is 0.393 e. The minimum Gasteiger partial charge on any atom is -0.393 e. The normalized spacial score (nSPS) is 12.4. The van der Waals surface area contributed by atoms with Gasteiger partial charge in [0.25, 0.3) is 5.56 Å². The van der Waals surface area contributed by atoms with Crippen molar-refractivity contribution in [3.63, 3.8) is 0 Å². The lowest BCUT2D eigenvalue weighted by Crippen LogP contribution is -2.37. The minimum atomic E-state index is -0.243. The fourth-order valence-electron chi connectivity index (χ4n) is 2.29. The number of nitrogens with two attached hydrogens (primary N) is 1. The third kappa shape index (κ3) is 2.40. The smallest absolute Gasteiger partial charge is 0.290 e. The highest BCUT2D eigenvalue weighted by atomic mass is 16.1. The van der Waals surface area contributed by atoms with E-state index in [4.69, 9.17) is 5.73 Å². The molecule has 2 N–H and O–H groups in total. The van der Waals surface area contributed by atoms with E-state index in [1.54, 1.807) is 4.68 Å². The van der Waals surface area contributed by atoms with Gasteiger partial charge in [0.15, 0.2) is 0 Å². The Balaban J connectivity index is 3.60. The molecule has 0 fully saturated rings. The van der Waals surface area contributed by atoms with Gasteiger partial charge in [-0.05, 0) is 33.1 Å². The SMILES string of the molecule is CCCn1c(C(C)C)c(N)c(=O)n1C(C)(C)C. The molecule has 4 nitrogen and oxygen atoms in total. The summed E-state index contributed by atoms with van der Waals surface area (Å²) in [5, 5.41) is 0. The van der Waals surface area contributed by atoms with Gasteiger partial charge in [0.1, 0.15) is 5.69 Å². The van der Waals surface area contributed by atoms with Crippen molar-refractivity contribution in [2.24, 2.45) is 0 Å². The van der Waals surface area contributed by atoms with Gasteiger partial charge in [0.05, 0.1) is 11.2 Å². The van der Waals surface area contributed by atoms with Crippen LogP contribution in [-0.4, -0.2) is 9.36 Å². The van der Waals surface area contributed by atoms with Crippen molar-refractivity contribution in [2.75, 3.05) is 5.73 Å². The number of nitrogens with zero attached hydrogens (tertiary/aromatic N) is 2. The summed E-state index contributed by atoms with van der Waals surface area (Å²) in [4.78, 5) is 12.3. The number of hydrogen-bond donors (Lipinski definition) is 1. The summed E-state index contributed by atoms with van der Waals surface area (Å²) in [7, 11) is 0. The van der Waals surface area contributed by atoms with Crippen LogP contribution in [-0.2, 0) is 12.1 Å². The Bertz CT molecular complexity index is 446. The summed E-state index contributed by atoms with van der Waals surface area (Å²) in [6, 6.07) is 0. The maximum absolute atomic E-state index is 12.3. The van der Waals surface area contributed by atoms with E-state index in [-0.39, 0.29) is 17.0 Å². The van der Waals surface area contributed by atoms with Gasteiger partial charge in [-0.1, -0.05) is 20.8 Å². The highest BCUT2D eigenvalue weighted by Gasteiger charge is 2.26. The first kappa shape index (κ1) is 13.9. The van der Waals surface area contributed by atoms with Crippen molar-refractivity contribution in [3.8, 4) is 0 Å². The topological polar surface area (TPSA) is 52.9 Å². The van der Waals surface area contributed by atoms with Crippen molar-refractivity contribution >= 4 is 5.69 Å². The molecule has 0 aliphatic rings. The second-order valence-corrected chi connectivity index (χ2v) is 5.86. The third-order valence-electron chi connectivity index (χ3n) is 2.84. The van der Waals surface area contributed by atoms with Crippen molar-refractivity contribution in [3.05, 3.63) is 16.0 Å². The van der Waals surface area contributed by atoms with Gasteiger partial charge >= 0.3 is 0 Å². The molecular weight excluding hydrogens is 214 g/mol. The fraction of sp³-hybridized carbons (Fsp3) is 0.769. The molecule has 1 heterocycles. The molecule has 0 bridgehead atoms. The van der Waals surface area contributed by atoms with Crippen LogP contribution in [0.25, 0.3) is 0 Å². The molecule has 0 atom stereocenters. The molecule has 1 aromatic heterocycles. The molecule has 0 aromatic carbocycles. The molecule has 0 saturated carbocycles. The molecule has 98 valence electrons. The number of anilines is 1. The van der Waals surface area contributed by atoms with E-state index in [0.29, 0.717) is 5.69 Å². The van der Waals surface area contributed by atoms with E-state index in [0.717, 1.165) is 18.7 Å². The van der Waals surface area contributed by atoms with Crippen LogP contribution in [0.2, 0.25) is 0 Å². The maximum Gasteiger partial charge on any atom is 0.290 e. The van der Waals surface area contributed by atoms with Crippen LogP contribution in [0.15, 0.2) is 4.79 Å². The second-order valence-electron chi connectivity index (χ2n) is 5.86. The first-order chi connectivity index (χ1) is 7.71. The van der Waals surface area contributed by atoms with Crippen molar-refractivity contribution in [2.45, 2.75) is 66.0 Å². The van der Waals surface area contributed by atoms with Gasteiger partial charge < -0.3 is 5.73 Å². The lowest BCUT2D eigenvalue weighted by molar-refractivity contribution is 0.276. The quantitative estimate of drug-likeness (QED) is 0.881. The second kappa shape index (κ2) is 4.59. The van der Waals surface area contributed by atoms with Gasteiger partial charge in [-0.2, -0.15) is 0 Å². The monoisotopic (exact) mass is 239 g/mol. The Morgan fingerprint density at radius 1 is 1.29 bits per heavy atom. The third-order valence-corrected chi connectivity index (χ3v) is 2.84. The van der Waals surface area contributed by atoms with E-state index in [9.17, 15) is 4.79 Å². The van der Waals surface area contributed by atoms with Crippen LogP contribution in [0.3, 0.4) is 0 Å². The summed E-state index contributed by atoms with van der Waals surface area (Å²) >= 11 is 0. The molecular formula is C13H25N3O. The molecule has 1 aromatic rings. The molecule has 0 amide bonds. The predicted octanol–water partition coefficient (Wildman–Crippen LogP) is 2.52. The predicted molar refractivity (Wildman–Crippen MR) is 72.5 cm³/mol. The standard InChI is InChI=1S/C13H25N3O/c1-7-8-15-11(9(2)3)10(14)12(17)16(15)13(4,5)6/h9H,7-8,14H2,1-6H3. The van der Waals surface area contributed by atoms with Gasteiger partial charge in [-0.15, -0.1) is 0 Å². The van der Waals surface area contributed by atoms with Gasteiger partial charge in [0, 0.05) is 6.54 Å². The molecule has 0 aliphatic heterocycles.